The number of anilines is 2. The van der Waals surface area contributed by atoms with Crippen LogP contribution in [0.3, 0.4) is 0 Å². The van der Waals surface area contributed by atoms with E-state index in [2.05, 4.69) is 25.6 Å². The second-order valence-corrected chi connectivity index (χ2v) is 7.61. The molecule has 0 aromatic carbocycles. The highest BCUT2D eigenvalue weighted by Gasteiger charge is 2.24. The Bertz CT molecular complexity index is 702. The van der Waals surface area contributed by atoms with E-state index in [0.29, 0.717) is 6.04 Å². The van der Waals surface area contributed by atoms with Crippen molar-refractivity contribution in [2.24, 2.45) is 0 Å². The lowest BCUT2D eigenvalue weighted by atomic mass is 10.0. The molecule has 1 saturated heterocycles. The number of hydrogen-bond acceptors (Lipinski definition) is 6. The number of urea groups is 1. The third kappa shape index (κ3) is 3.89. The first kappa shape index (κ1) is 16.3. The Morgan fingerprint density at radius 2 is 2.08 bits per heavy atom. The van der Waals surface area contributed by atoms with Crippen LogP contribution in [0.5, 0.6) is 0 Å². The zero-order valence-electron chi connectivity index (χ0n) is 14.1. The summed E-state index contributed by atoms with van der Waals surface area (Å²) in [5.74, 6) is 0.839. The molecule has 3 heterocycles. The maximum absolute atomic E-state index is 12.5. The van der Waals surface area contributed by atoms with Gasteiger partial charge in [0.15, 0.2) is 5.13 Å². The number of amides is 2. The Balaban J connectivity index is 1.28. The second kappa shape index (κ2) is 7.35. The number of fused-ring (bicyclic) bond motifs is 1. The van der Waals surface area contributed by atoms with Gasteiger partial charge in [-0.15, -0.1) is 11.3 Å². The van der Waals surface area contributed by atoms with Gasteiger partial charge in [-0.1, -0.05) is 0 Å². The molecule has 0 unspecified atom stereocenters. The maximum Gasteiger partial charge on any atom is 0.323 e. The van der Waals surface area contributed by atoms with Crippen LogP contribution in [0, 0.1) is 0 Å². The highest BCUT2D eigenvalue weighted by atomic mass is 32.1. The predicted molar refractivity (Wildman–Crippen MR) is 98.0 cm³/mol. The molecule has 0 spiro atoms. The van der Waals surface area contributed by atoms with Gasteiger partial charge in [0.05, 0.1) is 5.69 Å². The average molecular weight is 358 g/mol. The normalized spacial score (nSPS) is 17.8. The summed E-state index contributed by atoms with van der Waals surface area (Å²) in [7, 11) is 0. The number of hydrogen-bond donors (Lipinski definition) is 2. The van der Waals surface area contributed by atoms with E-state index in [1.807, 2.05) is 11.0 Å². The molecule has 2 N–H and O–H groups in total. The van der Waals surface area contributed by atoms with E-state index in [9.17, 15) is 4.79 Å². The molecule has 2 aliphatic rings. The fourth-order valence-electron chi connectivity index (χ4n) is 3.39. The largest absolute Gasteiger partial charge is 0.367 e. The van der Waals surface area contributed by atoms with Crippen molar-refractivity contribution in [3.8, 4) is 0 Å². The van der Waals surface area contributed by atoms with E-state index in [1.165, 1.54) is 23.4 Å². The van der Waals surface area contributed by atoms with E-state index in [4.69, 9.17) is 0 Å². The quantitative estimate of drug-likeness (QED) is 0.881. The monoisotopic (exact) mass is 358 g/mol. The minimum Gasteiger partial charge on any atom is -0.367 e. The molecule has 0 atom stereocenters. The van der Waals surface area contributed by atoms with E-state index in [-0.39, 0.29) is 6.03 Å². The molecule has 1 aliphatic carbocycles. The van der Waals surface area contributed by atoms with Crippen molar-refractivity contribution in [2.75, 3.05) is 23.7 Å². The van der Waals surface area contributed by atoms with Crippen LogP contribution in [0.15, 0.2) is 18.6 Å². The van der Waals surface area contributed by atoms with E-state index in [0.717, 1.165) is 49.7 Å². The van der Waals surface area contributed by atoms with Crippen LogP contribution in [0.2, 0.25) is 0 Å². The molecule has 0 radical (unpaired) electrons. The summed E-state index contributed by atoms with van der Waals surface area (Å²) in [6.45, 7) is 1.47. The minimum absolute atomic E-state index is 0.0356. The van der Waals surface area contributed by atoms with Gasteiger partial charge in [0.25, 0.3) is 0 Å². The predicted octanol–water partition coefficient (Wildman–Crippen LogP) is 2.92. The Morgan fingerprint density at radius 1 is 1.24 bits per heavy atom. The highest BCUT2D eigenvalue weighted by molar-refractivity contribution is 7.15. The number of aryl methyl sites for hydroxylation is 2. The summed E-state index contributed by atoms with van der Waals surface area (Å²) >= 11 is 1.63. The third-order valence-electron chi connectivity index (χ3n) is 4.78. The zero-order valence-corrected chi connectivity index (χ0v) is 14.9. The third-order valence-corrected chi connectivity index (χ3v) is 5.85. The molecular weight excluding hydrogens is 336 g/mol. The molecule has 1 fully saturated rings. The number of rotatable bonds is 3. The van der Waals surface area contributed by atoms with Gasteiger partial charge >= 0.3 is 6.03 Å². The number of nitrogens with zero attached hydrogens (tertiary/aromatic N) is 4. The lowest BCUT2D eigenvalue weighted by Gasteiger charge is -2.32. The fraction of sp³-hybridized carbons (Fsp3) is 0.529. The van der Waals surface area contributed by atoms with Crippen LogP contribution in [0.25, 0.3) is 0 Å². The van der Waals surface area contributed by atoms with Gasteiger partial charge in [0.1, 0.15) is 12.1 Å². The molecule has 132 valence electrons. The zero-order chi connectivity index (χ0) is 17.1. The molecular formula is C17H22N6OS. The lowest BCUT2D eigenvalue weighted by molar-refractivity contribution is 0.197. The van der Waals surface area contributed by atoms with Gasteiger partial charge in [0, 0.05) is 30.2 Å². The molecule has 2 aromatic heterocycles. The molecule has 7 nitrogen and oxygen atoms in total. The smallest absolute Gasteiger partial charge is 0.323 e. The molecule has 2 amide bonds. The van der Waals surface area contributed by atoms with Crippen LogP contribution in [-0.2, 0) is 12.8 Å². The van der Waals surface area contributed by atoms with Crippen LogP contribution in [0.4, 0.5) is 15.7 Å². The molecule has 4 rings (SSSR count). The first-order valence-corrected chi connectivity index (χ1v) is 9.66. The first-order chi connectivity index (χ1) is 12.3. The lowest BCUT2D eigenvalue weighted by Crippen LogP contribution is -2.44. The van der Waals surface area contributed by atoms with Gasteiger partial charge in [-0.2, -0.15) is 0 Å². The topological polar surface area (TPSA) is 83.0 Å². The number of nitrogens with one attached hydrogen (secondary N) is 2. The van der Waals surface area contributed by atoms with Crippen molar-refractivity contribution >= 4 is 28.3 Å². The van der Waals surface area contributed by atoms with Crippen molar-refractivity contribution in [3.63, 3.8) is 0 Å². The van der Waals surface area contributed by atoms with Crippen molar-refractivity contribution in [3.05, 3.63) is 29.2 Å². The molecule has 25 heavy (non-hydrogen) atoms. The molecule has 1 aliphatic heterocycles. The van der Waals surface area contributed by atoms with E-state index < -0.39 is 0 Å². The Kier molecular flexibility index (Phi) is 4.78. The maximum atomic E-state index is 12.5. The van der Waals surface area contributed by atoms with Gasteiger partial charge < -0.3 is 10.2 Å². The molecule has 0 saturated carbocycles. The van der Waals surface area contributed by atoms with Crippen LogP contribution in [0.1, 0.15) is 36.3 Å². The molecule has 0 bridgehead atoms. The van der Waals surface area contributed by atoms with Crippen LogP contribution in [-0.4, -0.2) is 45.0 Å². The number of carbonyl (C=O) groups excluding carboxylic acids is 1. The van der Waals surface area contributed by atoms with Gasteiger partial charge in [-0.05, 0) is 44.6 Å². The van der Waals surface area contributed by atoms with Crippen LogP contribution >= 0.6 is 11.3 Å². The second-order valence-electron chi connectivity index (χ2n) is 6.53. The van der Waals surface area contributed by atoms with Gasteiger partial charge in [-0.3, -0.25) is 5.32 Å². The van der Waals surface area contributed by atoms with Crippen molar-refractivity contribution in [1.29, 1.82) is 0 Å². The number of thiazole rings is 1. The summed E-state index contributed by atoms with van der Waals surface area (Å²) in [5, 5.41) is 7.14. The number of likely N-dealkylation sites (tertiary alicyclic amines) is 1. The van der Waals surface area contributed by atoms with Crippen molar-refractivity contribution in [1.82, 2.24) is 19.9 Å². The summed E-state index contributed by atoms with van der Waals surface area (Å²) in [5.41, 5.74) is 1.18. The standard InChI is InChI=1S/C17H22N6OS/c24-17(22-16-21-13-3-1-2-4-14(13)25-16)23-9-6-12(7-10-23)20-15-5-8-18-11-19-15/h5,8,11-12H,1-4,6-7,9-10H2,(H,18,19,20)(H,21,22,24). The van der Waals surface area contributed by atoms with Crippen LogP contribution < -0.4 is 10.6 Å². The molecule has 8 heteroatoms. The van der Waals surface area contributed by atoms with Crippen molar-refractivity contribution in [2.45, 2.75) is 44.6 Å². The summed E-state index contributed by atoms with van der Waals surface area (Å²) in [6.07, 6.45) is 9.67. The Labute approximate surface area is 150 Å². The van der Waals surface area contributed by atoms with Gasteiger partial charge in [0.2, 0.25) is 0 Å². The van der Waals surface area contributed by atoms with E-state index >= 15 is 0 Å². The number of aromatic nitrogens is 3. The Hall–Kier alpha value is -2.22. The highest BCUT2D eigenvalue weighted by Crippen LogP contribution is 2.29. The summed E-state index contributed by atoms with van der Waals surface area (Å²) in [6, 6.07) is 2.17. The Morgan fingerprint density at radius 3 is 2.84 bits per heavy atom. The number of carbonyl (C=O) groups is 1. The van der Waals surface area contributed by atoms with E-state index in [1.54, 1.807) is 23.9 Å². The first-order valence-electron chi connectivity index (χ1n) is 8.85. The minimum atomic E-state index is -0.0356. The average Bonchev–Trinajstić information content (AvgIpc) is 3.05. The number of piperidine rings is 1. The molecule has 2 aromatic rings. The fourth-order valence-corrected chi connectivity index (χ4v) is 4.43. The van der Waals surface area contributed by atoms with Crippen molar-refractivity contribution < 1.29 is 4.79 Å². The SMILES string of the molecule is O=C(Nc1nc2c(s1)CCCC2)N1CCC(Nc2ccncn2)CC1. The summed E-state index contributed by atoms with van der Waals surface area (Å²) in [4.78, 5) is 28.4. The summed E-state index contributed by atoms with van der Waals surface area (Å²) < 4.78 is 0. The van der Waals surface area contributed by atoms with Gasteiger partial charge in [-0.25, -0.2) is 19.7 Å².